The molecule has 1 aromatic carbocycles. The highest BCUT2D eigenvalue weighted by molar-refractivity contribution is 5.60. The molecule has 0 saturated carbocycles. The first-order chi connectivity index (χ1) is 8.61. The molecule has 1 aromatic heterocycles. The standard InChI is InChI=1S/C12H10F3N3/c1-2-16-12-17-6-10(15)11(18-12)7-3-4-8(13)9(14)5-7/h3-6H,2H2,1H3,(H,16,17,18). The molecule has 0 saturated heterocycles. The van der Waals surface area contributed by atoms with Crippen LogP contribution in [0.1, 0.15) is 6.92 Å². The van der Waals surface area contributed by atoms with Crippen LogP contribution in [0.2, 0.25) is 0 Å². The van der Waals surface area contributed by atoms with Crippen LogP contribution in [-0.4, -0.2) is 16.5 Å². The van der Waals surface area contributed by atoms with Gasteiger partial charge in [-0.3, -0.25) is 0 Å². The predicted molar refractivity (Wildman–Crippen MR) is 61.5 cm³/mol. The van der Waals surface area contributed by atoms with Crippen LogP contribution in [0.3, 0.4) is 0 Å². The average Bonchev–Trinajstić information content (AvgIpc) is 2.35. The van der Waals surface area contributed by atoms with Crippen LogP contribution in [0.4, 0.5) is 19.1 Å². The number of benzene rings is 1. The van der Waals surface area contributed by atoms with Crippen molar-refractivity contribution in [3.05, 3.63) is 41.8 Å². The summed E-state index contributed by atoms with van der Waals surface area (Å²) in [5, 5.41) is 2.81. The van der Waals surface area contributed by atoms with Crippen molar-refractivity contribution < 1.29 is 13.2 Å². The Labute approximate surface area is 102 Å². The summed E-state index contributed by atoms with van der Waals surface area (Å²) in [7, 11) is 0. The summed E-state index contributed by atoms with van der Waals surface area (Å²) in [6, 6.07) is 3.09. The van der Waals surface area contributed by atoms with Crippen LogP contribution in [-0.2, 0) is 0 Å². The second kappa shape index (κ2) is 5.03. The molecule has 2 rings (SSSR count). The molecule has 1 heterocycles. The fraction of sp³-hybridized carbons (Fsp3) is 0.167. The number of halogens is 3. The second-order valence-electron chi connectivity index (χ2n) is 3.55. The van der Waals surface area contributed by atoms with E-state index in [0.29, 0.717) is 6.54 Å². The fourth-order valence-corrected chi connectivity index (χ4v) is 1.46. The SMILES string of the molecule is CCNc1ncc(F)c(-c2ccc(F)c(F)c2)n1. The zero-order valence-corrected chi connectivity index (χ0v) is 9.54. The number of nitrogens with zero attached hydrogens (tertiary/aromatic N) is 2. The van der Waals surface area contributed by atoms with E-state index in [-0.39, 0.29) is 17.2 Å². The quantitative estimate of drug-likeness (QED) is 0.913. The van der Waals surface area contributed by atoms with Crippen LogP contribution < -0.4 is 5.32 Å². The molecule has 0 atom stereocenters. The first-order valence-corrected chi connectivity index (χ1v) is 5.33. The van der Waals surface area contributed by atoms with Crippen molar-refractivity contribution in [1.82, 2.24) is 9.97 Å². The zero-order valence-electron chi connectivity index (χ0n) is 9.54. The Hall–Kier alpha value is -2.11. The van der Waals surface area contributed by atoms with Gasteiger partial charge < -0.3 is 5.32 Å². The van der Waals surface area contributed by atoms with Gasteiger partial charge in [0.2, 0.25) is 5.95 Å². The lowest BCUT2D eigenvalue weighted by Crippen LogP contribution is -2.04. The van der Waals surface area contributed by atoms with Gasteiger partial charge in [0, 0.05) is 12.1 Å². The van der Waals surface area contributed by atoms with Crippen molar-refractivity contribution in [2.24, 2.45) is 0 Å². The number of anilines is 1. The van der Waals surface area contributed by atoms with E-state index in [4.69, 9.17) is 0 Å². The molecule has 6 heteroatoms. The van der Waals surface area contributed by atoms with E-state index in [1.165, 1.54) is 6.07 Å². The van der Waals surface area contributed by atoms with Crippen LogP contribution >= 0.6 is 0 Å². The Bertz CT molecular complexity index is 572. The largest absolute Gasteiger partial charge is 0.354 e. The van der Waals surface area contributed by atoms with Gasteiger partial charge >= 0.3 is 0 Å². The lowest BCUT2D eigenvalue weighted by molar-refractivity contribution is 0.509. The van der Waals surface area contributed by atoms with Gasteiger partial charge in [0.15, 0.2) is 17.5 Å². The van der Waals surface area contributed by atoms with Crippen molar-refractivity contribution in [3.63, 3.8) is 0 Å². The molecule has 0 aliphatic carbocycles. The van der Waals surface area contributed by atoms with Gasteiger partial charge in [-0.25, -0.2) is 23.1 Å². The van der Waals surface area contributed by atoms with Crippen molar-refractivity contribution in [2.45, 2.75) is 6.92 Å². The van der Waals surface area contributed by atoms with Crippen molar-refractivity contribution >= 4 is 5.95 Å². The summed E-state index contributed by atoms with van der Waals surface area (Å²) in [4.78, 5) is 7.65. The molecule has 18 heavy (non-hydrogen) atoms. The molecular weight excluding hydrogens is 243 g/mol. The number of nitrogens with one attached hydrogen (secondary N) is 1. The molecule has 1 N–H and O–H groups in total. The molecule has 0 radical (unpaired) electrons. The van der Waals surface area contributed by atoms with E-state index in [1.54, 1.807) is 0 Å². The highest BCUT2D eigenvalue weighted by atomic mass is 19.2. The van der Waals surface area contributed by atoms with E-state index in [2.05, 4.69) is 15.3 Å². The molecule has 0 unspecified atom stereocenters. The maximum Gasteiger partial charge on any atom is 0.223 e. The highest BCUT2D eigenvalue weighted by Crippen LogP contribution is 2.23. The topological polar surface area (TPSA) is 37.8 Å². The van der Waals surface area contributed by atoms with Gasteiger partial charge in [-0.1, -0.05) is 0 Å². The Morgan fingerprint density at radius 1 is 1.11 bits per heavy atom. The third-order valence-electron chi connectivity index (χ3n) is 2.27. The fourth-order valence-electron chi connectivity index (χ4n) is 1.46. The van der Waals surface area contributed by atoms with Gasteiger partial charge in [0.1, 0.15) is 5.69 Å². The highest BCUT2D eigenvalue weighted by Gasteiger charge is 2.11. The minimum absolute atomic E-state index is 0.0696. The Morgan fingerprint density at radius 3 is 2.56 bits per heavy atom. The third kappa shape index (κ3) is 2.42. The van der Waals surface area contributed by atoms with E-state index < -0.39 is 17.5 Å². The summed E-state index contributed by atoms with van der Waals surface area (Å²) in [5.74, 6) is -2.49. The van der Waals surface area contributed by atoms with Crippen LogP contribution in [0.25, 0.3) is 11.3 Å². The van der Waals surface area contributed by atoms with Gasteiger partial charge in [-0.15, -0.1) is 0 Å². The van der Waals surface area contributed by atoms with Crippen LogP contribution in [0.15, 0.2) is 24.4 Å². The average molecular weight is 253 g/mol. The minimum atomic E-state index is -1.05. The number of hydrogen-bond acceptors (Lipinski definition) is 3. The predicted octanol–water partition coefficient (Wildman–Crippen LogP) is 2.99. The summed E-state index contributed by atoms with van der Waals surface area (Å²) < 4.78 is 39.4. The number of rotatable bonds is 3. The van der Waals surface area contributed by atoms with Gasteiger partial charge in [0.05, 0.1) is 6.20 Å². The molecular formula is C12H10F3N3. The van der Waals surface area contributed by atoms with Crippen molar-refractivity contribution in [3.8, 4) is 11.3 Å². The number of hydrogen-bond donors (Lipinski definition) is 1. The molecule has 0 fully saturated rings. The molecule has 94 valence electrons. The zero-order chi connectivity index (χ0) is 13.1. The van der Waals surface area contributed by atoms with E-state index in [0.717, 1.165) is 18.3 Å². The molecule has 0 aliphatic heterocycles. The molecule has 0 bridgehead atoms. The smallest absolute Gasteiger partial charge is 0.223 e. The van der Waals surface area contributed by atoms with Gasteiger partial charge in [-0.2, -0.15) is 0 Å². The van der Waals surface area contributed by atoms with E-state index in [9.17, 15) is 13.2 Å². The molecule has 0 aliphatic rings. The van der Waals surface area contributed by atoms with E-state index in [1.807, 2.05) is 6.92 Å². The van der Waals surface area contributed by atoms with Crippen LogP contribution in [0.5, 0.6) is 0 Å². The minimum Gasteiger partial charge on any atom is -0.354 e. The second-order valence-corrected chi connectivity index (χ2v) is 3.55. The lowest BCUT2D eigenvalue weighted by Gasteiger charge is -2.06. The maximum atomic E-state index is 13.6. The third-order valence-corrected chi connectivity index (χ3v) is 2.27. The Morgan fingerprint density at radius 2 is 1.89 bits per heavy atom. The maximum absolute atomic E-state index is 13.6. The van der Waals surface area contributed by atoms with Crippen LogP contribution in [0, 0.1) is 17.5 Å². The summed E-state index contributed by atoms with van der Waals surface area (Å²) in [6.07, 6.45) is 0.988. The monoisotopic (exact) mass is 253 g/mol. The first-order valence-electron chi connectivity index (χ1n) is 5.33. The lowest BCUT2D eigenvalue weighted by atomic mass is 10.1. The Balaban J connectivity index is 2.48. The summed E-state index contributed by atoms with van der Waals surface area (Å²) in [6.45, 7) is 2.41. The van der Waals surface area contributed by atoms with Gasteiger partial charge in [-0.05, 0) is 25.1 Å². The van der Waals surface area contributed by atoms with Crippen molar-refractivity contribution in [1.29, 1.82) is 0 Å². The summed E-state index contributed by atoms with van der Waals surface area (Å²) in [5.41, 5.74) is 0.0906. The molecule has 2 aromatic rings. The number of aromatic nitrogens is 2. The first kappa shape index (κ1) is 12.3. The molecule has 0 amide bonds. The molecule has 0 spiro atoms. The molecule has 3 nitrogen and oxygen atoms in total. The van der Waals surface area contributed by atoms with Crippen molar-refractivity contribution in [2.75, 3.05) is 11.9 Å². The van der Waals surface area contributed by atoms with E-state index >= 15 is 0 Å². The Kier molecular flexibility index (Phi) is 3.45. The summed E-state index contributed by atoms with van der Waals surface area (Å²) >= 11 is 0. The normalized spacial score (nSPS) is 10.4. The van der Waals surface area contributed by atoms with Gasteiger partial charge in [0.25, 0.3) is 0 Å².